The smallest absolute Gasteiger partial charge is 0.343 e. The van der Waals surface area contributed by atoms with E-state index in [1.54, 1.807) is 51.2 Å². The fourth-order valence-corrected chi connectivity index (χ4v) is 7.04. The molecule has 0 saturated heterocycles. The normalized spacial score (nSPS) is 20.7. The highest BCUT2D eigenvalue weighted by molar-refractivity contribution is 5.94. The number of aliphatic hydroxyl groups excluding tert-OH is 1. The van der Waals surface area contributed by atoms with Crippen LogP contribution in [-0.4, -0.2) is 43.6 Å². The molecule has 3 atom stereocenters. The van der Waals surface area contributed by atoms with E-state index in [-0.39, 0.29) is 30.7 Å². The van der Waals surface area contributed by atoms with E-state index >= 15 is 4.39 Å². The summed E-state index contributed by atoms with van der Waals surface area (Å²) in [4.78, 5) is 46.5. The zero-order valence-corrected chi connectivity index (χ0v) is 24.0. The molecule has 2 N–H and O–H groups in total. The molecule has 43 heavy (non-hydrogen) atoms. The van der Waals surface area contributed by atoms with Gasteiger partial charge >= 0.3 is 5.97 Å². The summed E-state index contributed by atoms with van der Waals surface area (Å²) in [5.74, 6) is -1.69. The van der Waals surface area contributed by atoms with E-state index in [1.807, 2.05) is 6.07 Å². The Morgan fingerprint density at radius 2 is 1.95 bits per heavy atom. The van der Waals surface area contributed by atoms with E-state index in [2.05, 4.69) is 0 Å². The van der Waals surface area contributed by atoms with E-state index in [1.165, 1.54) is 15.5 Å². The minimum absolute atomic E-state index is 0.0115. The zero-order chi connectivity index (χ0) is 30.4. The lowest BCUT2D eigenvalue weighted by atomic mass is 9.81. The molecule has 2 aromatic carbocycles. The number of aryl methyl sites for hydroxylation is 1. The molecule has 0 saturated carbocycles. The van der Waals surface area contributed by atoms with Gasteiger partial charge in [0.2, 0.25) is 0 Å². The van der Waals surface area contributed by atoms with Gasteiger partial charge in [0.15, 0.2) is 11.7 Å². The molecule has 220 valence electrons. The molecule has 1 amide bonds. The van der Waals surface area contributed by atoms with E-state index in [0.29, 0.717) is 46.4 Å². The maximum absolute atomic E-state index is 15.2. The second-order valence-corrected chi connectivity index (χ2v) is 11.6. The van der Waals surface area contributed by atoms with Gasteiger partial charge in [0.1, 0.15) is 12.4 Å². The van der Waals surface area contributed by atoms with Crippen LogP contribution < -0.4 is 5.56 Å². The molecule has 0 radical (unpaired) electrons. The molecular formula is C33H30FN3O6. The topological polar surface area (TPSA) is 122 Å². The van der Waals surface area contributed by atoms with Gasteiger partial charge in [0.25, 0.3) is 11.5 Å². The van der Waals surface area contributed by atoms with Crippen molar-refractivity contribution in [2.75, 3.05) is 7.05 Å². The lowest BCUT2D eigenvalue weighted by Crippen LogP contribution is -2.44. The average Bonchev–Trinajstić information content (AvgIpc) is 3.39. The van der Waals surface area contributed by atoms with Crippen molar-refractivity contribution in [2.24, 2.45) is 0 Å². The van der Waals surface area contributed by atoms with Crippen LogP contribution in [0.2, 0.25) is 0 Å². The second kappa shape index (κ2) is 9.55. The number of ether oxygens (including phenoxy) is 1. The number of carbonyl (C=O) groups is 2. The first-order valence-corrected chi connectivity index (χ1v) is 14.4. The minimum atomic E-state index is -1.98. The number of pyridine rings is 2. The number of esters is 1. The molecule has 2 aromatic heterocycles. The molecule has 1 aliphatic carbocycles. The number of fused-ring (bicyclic) bond motifs is 5. The number of aliphatic hydroxyl groups is 2. The Labute approximate surface area is 246 Å². The minimum Gasteiger partial charge on any atom is -0.458 e. The second-order valence-electron chi connectivity index (χ2n) is 11.6. The number of aromatic nitrogens is 2. The summed E-state index contributed by atoms with van der Waals surface area (Å²) in [7, 11) is 1.65. The van der Waals surface area contributed by atoms with Gasteiger partial charge < -0.3 is 24.4 Å². The molecule has 4 heterocycles. The summed E-state index contributed by atoms with van der Waals surface area (Å²) in [6.45, 7) is 3.26. The summed E-state index contributed by atoms with van der Waals surface area (Å²) < 4.78 is 21.9. The van der Waals surface area contributed by atoms with Crippen LogP contribution in [0, 0.1) is 12.7 Å². The van der Waals surface area contributed by atoms with Crippen LogP contribution in [0.25, 0.3) is 22.3 Å². The fraction of sp³-hybridized carbons (Fsp3) is 0.333. The Morgan fingerprint density at radius 3 is 2.67 bits per heavy atom. The molecule has 7 rings (SSSR count). The van der Waals surface area contributed by atoms with Crippen LogP contribution in [0.15, 0.2) is 47.3 Å². The summed E-state index contributed by atoms with van der Waals surface area (Å²) in [5.41, 5.74) is 2.52. The molecule has 10 heteroatoms. The number of benzene rings is 2. The predicted molar refractivity (Wildman–Crippen MR) is 154 cm³/mol. The first-order valence-electron chi connectivity index (χ1n) is 14.4. The SMILES string of the molecule is CC[C@@]1(O)C(=O)OCc2c1cc1n(c2=O)Cc2c-1nc1cc(F)c(C)c3c1c2[C@@H](N(C)C(=O)C(O)c1ccccc1)CC3. The molecular weight excluding hydrogens is 553 g/mol. The number of amides is 1. The van der Waals surface area contributed by atoms with Crippen molar-refractivity contribution < 1.29 is 28.9 Å². The highest BCUT2D eigenvalue weighted by Gasteiger charge is 2.46. The van der Waals surface area contributed by atoms with Gasteiger partial charge in [0.05, 0.1) is 35.1 Å². The summed E-state index contributed by atoms with van der Waals surface area (Å²) >= 11 is 0. The van der Waals surface area contributed by atoms with Crippen LogP contribution in [0.1, 0.15) is 70.9 Å². The van der Waals surface area contributed by atoms with Crippen LogP contribution in [0.5, 0.6) is 0 Å². The van der Waals surface area contributed by atoms with E-state index in [9.17, 15) is 24.6 Å². The van der Waals surface area contributed by atoms with Gasteiger partial charge in [-0.2, -0.15) is 0 Å². The first-order chi connectivity index (χ1) is 20.6. The lowest BCUT2D eigenvalue weighted by Gasteiger charge is -2.36. The highest BCUT2D eigenvalue weighted by Crippen LogP contribution is 2.47. The molecule has 0 fully saturated rings. The van der Waals surface area contributed by atoms with Gasteiger partial charge in [0, 0.05) is 29.6 Å². The number of carbonyl (C=O) groups excluding carboxylic acids is 2. The number of hydrogen-bond acceptors (Lipinski definition) is 7. The quantitative estimate of drug-likeness (QED) is 0.310. The van der Waals surface area contributed by atoms with Crippen molar-refractivity contribution in [3.8, 4) is 11.4 Å². The largest absolute Gasteiger partial charge is 0.458 e. The molecule has 4 aromatic rings. The number of rotatable bonds is 4. The molecule has 2 aliphatic heterocycles. The Balaban J connectivity index is 1.45. The molecule has 3 aliphatic rings. The van der Waals surface area contributed by atoms with Crippen molar-refractivity contribution in [1.29, 1.82) is 0 Å². The number of nitrogens with zero attached hydrogens (tertiary/aromatic N) is 3. The molecule has 9 nitrogen and oxygen atoms in total. The van der Waals surface area contributed by atoms with Crippen molar-refractivity contribution in [3.63, 3.8) is 0 Å². The van der Waals surface area contributed by atoms with Gasteiger partial charge in [-0.25, -0.2) is 14.2 Å². The van der Waals surface area contributed by atoms with E-state index < -0.39 is 41.0 Å². The standard InChI is InChI=1S/C33H30FN3O6/c1-4-33(42)21-12-25-28-19(14-37(25)30(39)20(21)15-43-32(33)41)27-24(36(3)31(40)29(38)17-8-6-5-7-9-17)11-10-18-16(2)22(34)13-23(35-28)26(18)27/h5-9,12-13,24,29,38,42H,4,10-11,14-15H2,1-3H3/t24-,29?,33-/m0/s1. The lowest BCUT2D eigenvalue weighted by molar-refractivity contribution is -0.172. The Kier molecular flexibility index (Phi) is 6.09. The summed E-state index contributed by atoms with van der Waals surface area (Å²) in [5, 5.41) is 23.0. The maximum atomic E-state index is 15.2. The fourth-order valence-electron chi connectivity index (χ4n) is 7.04. The van der Waals surface area contributed by atoms with Gasteiger partial charge in [-0.3, -0.25) is 9.59 Å². The average molecular weight is 584 g/mol. The predicted octanol–water partition coefficient (Wildman–Crippen LogP) is 3.71. The first kappa shape index (κ1) is 27.4. The van der Waals surface area contributed by atoms with Crippen molar-refractivity contribution >= 4 is 22.8 Å². The molecule has 0 spiro atoms. The third-order valence-electron chi connectivity index (χ3n) is 9.51. The van der Waals surface area contributed by atoms with Gasteiger partial charge in [-0.05, 0) is 54.5 Å². The molecule has 1 unspecified atom stereocenters. The van der Waals surface area contributed by atoms with Crippen LogP contribution >= 0.6 is 0 Å². The van der Waals surface area contributed by atoms with Crippen LogP contribution in [-0.2, 0) is 39.5 Å². The van der Waals surface area contributed by atoms with Crippen LogP contribution in [0.4, 0.5) is 4.39 Å². The van der Waals surface area contributed by atoms with Gasteiger partial charge in [-0.15, -0.1) is 0 Å². The van der Waals surface area contributed by atoms with Gasteiger partial charge in [-0.1, -0.05) is 37.3 Å². The number of halogens is 1. The zero-order valence-electron chi connectivity index (χ0n) is 24.0. The van der Waals surface area contributed by atoms with Crippen LogP contribution in [0.3, 0.4) is 0 Å². The van der Waals surface area contributed by atoms with E-state index in [4.69, 9.17) is 9.72 Å². The summed E-state index contributed by atoms with van der Waals surface area (Å²) in [6, 6.07) is 11.2. The highest BCUT2D eigenvalue weighted by atomic mass is 19.1. The van der Waals surface area contributed by atoms with Crippen molar-refractivity contribution in [2.45, 2.75) is 64.0 Å². The van der Waals surface area contributed by atoms with Crippen molar-refractivity contribution in [3.05, 3.63) is 97.6 Å². The van der Waals surface area contributed by atoms with Crippen molar-refractivity contribution in [1.82, 2.24) is 14.5 Å². The number of likely N-dealkylation sites (N-methyl/N-ethyl adjacent to an activating group) is 1. The monoisotopic (exact) mass is 583 g/mol. The third kappa shape index (κ3) is 3.76. The number of cyclic esters (lactones) is 1. The molecule has 0 bridgehead atoms. The Morgan fingerprint density at radius 1 is 1.21 bits per heavy atom. The summed E-state index contributed by atoms with van der Waals surface area (Å²) in [6.07, 6.45) is -0.380. The number of hydrogen-bond donors (Lipinski definition) is 2. The van der Waals surface area contributed by atoms with E-state index in [0.717, 1.165) is 16.5 Å². The Bertz CT molecular complexity index is 1940. The third-order valence-corrected chi connectivity index (χ3v) is 9.51. The maximum Gasteiger partial charge on any atom is 0.343 e. The Hall–Kier alpha value is -4.41.